The van der Waals surface area contributed by atoms with Crippen LogP contribution in [0.3, 0.4) is 0 Å². The summed E-state index contributed by atoms with van der Waals surface area (Å²) >= 11 is 5.94. The Kier molecular flexibility index (Phi) is 4.96. The first kappa shape index (κ1) is 15.7. The smallest absolute Gasteiger partial charge is 0.272 e. The third-order valence-electron chi connectivity index (χ3n) is 4.66. The molecule has 120 valence electrons. The van der Waals surface area contributed by atoms with Crippen LogP contribution in [0.15, 0.2) is 18.3 Å². The first-order chi connectivity index (χ1) is 10.6. The molecule has 22 heavy (non-hydrogen) atoms. The second-order valence-corrected chi connectivity index (χ2v) is 6.68. The Morgan fingerprint density at radius 1 is 1.27 bits per heavy atom. The van der Waals surface area contributed by atoms with E-state index in [1.54, 1.807) is 18.3 Å². The first-order valence-corrected chi connectivity index (χ1v) is 8.35. The molecule has 0 N–H and O–H groups in total. The highest BCUT2D eigenvalue weighted by atomic mass is 35.5. The van der Waals surface area contributed by atoms with Crippen molar-refractivity contribution in [2.24, 2.45) is 0 Å². The molecule has 0 spiro atoms. The minimum Gasteiger partial charge on any atom is -0.335 e. The number of carbonyl (C=O) groups is 1. The molecule has 2 aliphatic rings. The molecule has 1 aromatic rings. The molecule has 1 unspecified atom stereocenters. The molecule has 0 bridgehead atoms. The largest absolute Gasteiger partial charge is 0.335 e. The number of carbonyl (C=O) groups excluding carboxylic acids is 1. The Morgan fingerprint density at radius 2 is 2.05 bits per heavy atom. The van der Waals surface area contributed by atoms with Gasteiger partial charge in [0, 0.05) is 50.0 Å². The molecular weight excluding hydrogens is 300 g/mol. The van der Waals surface area contributed by atoms with Gasteiger partial charge in [-0.25, -0.2) is 0 Å². The van der Waals surface area contributed by atoms with Crippen LogP contribution in [0.2, 0.25) is 5.02 Å². The summed E-state index contributed by atoms with van der Waals surface area (Å²) in [4.78, 5) is 23.4. The van der Waals surface area contributed by atoms with E-state index in [0.29, 0.717) is 16.8 Å². The van der Waals surface area contributed by atoms with Crippen molar-refractivity contribution in [3.8, 4) is 0 Å². The van der Waals surface area contributed by atoms with Crippen molar-refractivity contribution < 1.29 is 4.79 Å². The van der Waals surface area contributed by atoms with Crippen molar-refractivity contribution in [1.82, 2.24) is 19.7 Å². The summed E-state index contributed by atoms with van der Waals surface area (Å²) < 4.78 is 0. The van der Waals surface area contributed by atoms with E-state index in [-0.39, 0.29) is 5.91 Å². The van der Waals surface area contributed by atoms with Crippen LogP contribution in [0.1, 0.15) is 23.3 Å². The number of pyridine rings is 1. The Balaban J connectivity index is 1.56. The van der Waals surface area contributed by atoms with Crippen LogP contribution in [0, 0.1) is 0 Å². The molecule has 3 heterocycles. The van der Waals surface area contributed by atoms with Gasteiger partial charge < -0.3 is 9.80 Å². The van der Waals surface area contributed by atoms with Crippen LogP contribution in [0.25, 0.3) is 0 Å². The average molecular weight is 323 g/mol. The Bertz CT molecular complexity index is 531. The van der Waals surface area contributed by atoms with Crippen molar-refractivity contribution in [2.75, 3.05) is 46.3 Å². The van der Waals surface area contributed by atoms with Crippen LogP contribution in [-0.2, 0) is 0 Å². The summed E-state index contributed by atoms with van der Waals surface area (Å²) in [5, 5.41) is 0.558. The van der Waals surface area contributed by atoms with Gasteiger partial charge in [-0.1, -0.05) is 11.6 Å². The molecule has 1 aromatic heterocycles. The molecule has 5 nitrogen and oxygen atoms in total. The van der Waals surface area contributed by atoms with Crippen LogP contribution < -0.4 is 0 Å². The second kappa shape index (κ2) is 6.94. The SMILES string of the molecule is CN1CCCC(N2CCN(C(=O)c3cc(Cl)ccn3)CC2)C1. The number of aromatic nitrogens is 1. The number of amides is 1. The third kappa shape index (κ3) is 3.59. The molecule has 2 aliphatic heterocycles. The normalized spacial score (nSPS) is 24.5. The van der Waals surface area contributed by atoms with Gasteiger partial charge in [-0.15, -0.1) is 0 Å². The van der Waals surface area contributed by atoms with Crippen LogP contribution >= 0.6 is 11.6 Å². The maximum atomic E-state index is 12.5. The lowest BCUT2D eigenvalue weighted by molar-refractivity contribution is 0.0448. The highest BCUT2D eigenvalue weighted by Gasteiger charge is 2.29. The number of halogens is 1. The number of piperidine rings is 1. The minimum atomic E-state index is -0.0112. The molecule has 0 radical (unpaired) electrons. The first-order valence-electron chi connectivity index (χ1n) is 7.97. The van der Waals surface area contributed by atoms with Gasteiger partial charge in [0.2, 0.25) is 0 Å². The molecule has 0 aromatic carbocycles. The monoisotopic (exact) mass is 322 g/mol. The lowest BCUT2D eigenvalue weighted by Gasteiger charge is -2.42. The van der Waals surface area contributed by atoms with E-state index in [2.05, 4.69) is 21.8 Å². The van der Waals surface area contributed by atoms with E-state index < -0.39 is 0 Å². The lowest BCUT2D eigenvalue weighted by Crippen LogP contribution is -2.55. The molecular formula is C16H23ClN4O. The van der Waals surface area contributed by atoms with Gasteiger partial charge in [-0.05, 0) is 38.6 Å². The standard InChI is InChI=1S/C16H23ClN4O/c1-19-6-2-3-14(12-19)20-7-9-21(10-8-20)16(22)15-11-13(17)4-5-18-15/h4-5,11,14H,2-3,6-10,12H2,1H3. The van der Waals surface area contributed by atoms with E-state index in [1.807, 2.05) is 4.90 Å². The Labute approximate surface area is 136 Å². The zero-order valence-corrected chi connectivity index (χ0v) is 13.8. The molecule has 3 rings (SSSR count). The molecule has 2 fully saturated rings. The van der Waals surface area contributed by atoms with E-state index in [1.165, 1.54) is 19.4 Å². The topological polar surface area (TPSA) is 39.7 Å². The highest BCUT2D eigenvalue weighted by Crippen LogP contribution is 2.18. The average Bonchev–Trinajstić information content (AvgIpc) is 2.54. The summed E-state index contributed by atoms with van der Waals surface area (Å²) in [5.41, 5.74) is 0.443. The predicted molar refractivity (Wildman–Crippen MR) is 87.2 cm³/mol. The Hall–Kier alpha value is -1.17. The summed E-state index contributed by atoms with van der Waals surface area (Å²) in [6.45, 7) is 5.79. The van der Waals surface area contributed by atoms with E-state index in [9.17, 15) is 4.79 Å². The summed E-state index contributed by atoms with van der Waals surface area (Å²) in [6, 6.07) is 3.97. The summed E-state index contributed by atoms with van der Waals surface area (Å²) in [7, 11) is 2.19. The summed E-state index contributed by atoms with van der Waals surface area (Å²) in [5.74, 6) is -0.0112. The van der Waals surface area contributed by atoms with Crippen molar-refractivity contribution in [3.05, 3.63) is 29.0 Å². The van der Waals surface area contributed by atoms with Gasteiger partial charge in [0.15, 0.2) is 0 Å². The van der Waals surface area contributed by atoms with Gasteiger partial charge in [0.25, 0.3) is 5.91 Å². The zero-order chi connectivity index (χ0) is 15.5. The summed E-state index contributed by atoms with van der Waals surface area (Å²) in [6.07, 6.45) is 4.13. The maximum Gasteiger partial charge on any atom is 0.272 e. The quantitative estimate of drug-likeness (QED) is 0.829. The van der Waals surface area contributed by atoms with Crippen molar-refractivity contribution >= 4 is 17.5 Å². The number of likely N-dealkylation sites (tertiary alicyclic amines) is 1. The minimum absolute atomic E-state index is 0.0112. The van der Waals surface area contributed by atoms with Crippen molar-refractivity contribution in [2.45, 2.75) is 18.9 Å². The number of rotatable bonds is 2. The highest BCUT2D eigenvalue weighted by molar-refractivity contribution is 6.30. The number of nitrogens with zero attached hydrogens (tertiary/aromatic N) is 4. The van der Waals surface area contributed by atoms with E-state index >= 15 is 0 Å². The number of piperazine rings is 1. The fourth-order valence-corrected chi connectivity index (χ4v) is 3.57. The maximum absolute atomic E-state index is 12.5. The molecule has 6 heteroatoms. The van der Waals surface area contributed by atoms with Gasteiger partial charge in [-0.3, -0.25) is 14.7 Å². The van der Waals surface area contributed by atoms with Crippen LogP contribution in [-0.4, -0.2) is 77.9 Å². The molecule has 1 amide bonds. The fraction of sp³-hybridized carbons (Fsp3) is 0.625. The second-order valence-electron chi connectivity index (χ2n) is 6.25. The van der Waals surface area contributed by atoms with Crippen LogP contribution in [0.4, 0.5) is 0 Å². The fourth-order valence-electron chi connectivity index (χ4n) is 3.41. The van der Waals surface area contributed by atoms with Gasteiger partial charge in [0.05, 0.1) is 0 Å². The van der Waals surface area contributed by atoms with Crippen molar-refractivity contribution in [1.29, 1.82) is 0 Å². The molecule has 2 saturated heterocycles. The van der Waals surface area contributed by atoms with Crippen LogP contribution in [0.5, 0.6) is 0 Å². The van der Waals surface area contributed by atoms with E-state index in [4.69, 9.17) is 11.6 Å². The number of hydrogen-bond donors (Lipinski definition) is 0. The van der Waals surface area contributed by atoms with Gasteiger partial charge in [0.1, 0.15) is 5.69 Å². The zero-order valence-electron chi connectivity index (χ0n) is 13.0. The Morgan fingerprint density at radius 3 is 2.73 bits per heavy atom. The molecule has 0 saturated carbocycles. The number of likely N-dealkylation sites (N-methyl/N-ethyl adjacent to an activating group) is 1. The molecule has 0 aliphatic carbocycles. The lowest BCUT2D eigenvalue weighted by atomic mass is 10.0. The number of hydrogen-bond acceptors (Lipinski definition) is 4. The van der Waals surface area contributed by atoms with E-state index in [0.717, 1.165) is 32.7 Å². The van der Waals surface area contributed by atoms with Crippen molar-refractivity contribution in [3.63, 3.8) is 0 Å². The van der Waals surface area contributed by atoms with Gasteiger partial charge >= 0.3 is 0 Å². The predicted octanol–water partition coefficient (Wildman–Crippen LogP) is 1.59. The molecule has 1 atom stereocenters. The third-order valence-corrected chi connectivity index (χ3v) is 4.89. The van der Waals surface area contributed by atoms with Gasteiger partial charge in [-0.2, -0.15) is 0 Å².